The number of hydrogen-bond acceptors (Lipinski definition) is 7. The van der Waals surface area contributed by atoms with E-state index in [1.807, 2.05) is 44.2 Å². The Balaban J connectivity index is 1.82. The van der Waals surface area contributed by atoms with Crippen LogP contribution in [0.3, 0.4) is 0 Å². The molecule has 0 aliphatic carbocycles. The highest BCUT2D eigenvalue weighted by Gasteiger charge is 2.38. The normalized spacial score (nSPS) is 27.0. The first-order chi connectivity index (χ1) is 22.7. The van der Waals surface area contributed by atoms with Crippen molar-refractivity contribution < 1.29 is 33.8 Å². The van der Waals surface area contributed by atoms with Crippen molar-refractivity contribution in [2.45, 2.75) is 77.8 Å². The first-order valence-corrected chi connectivity index (χ1v) is 16.4. The lowest BCUT2D eigenvalue weighted by Crippen LogP contribution is -2.56. The third-order valence-electron chi connectivity index (χ3n) is 9.01. The van der Waals surface area contributed by atoms with Gasteiger partial charge in [0, 0.05) is 43.3 Å². The van der Waals surface area contributed by atoms with Gasteiger partial charge in [-0.3, -0.25) is 14.4 Å². The van der Waals surface area contributed by atoms with E-state index in [1.54, 1.807) is 32.9 Å². The summed E-state index contributed by atoms with van der Waals surface area (Å²) < 4.78 is 11.6. The molecule has 48 heavy (non-hydrogen) atoms. The first-order valence-electron chi connectivity index (χ1n) is 16.0. The van der Waals surface area contributed by atoms with E-state index >= 15 is 0 Å². The summed E-state index contributed by atoms with van der Waals surface area (Å²) in [6.45, 7) is 8.94. The average molecular weight is 681 g/mol. The maximum absolute atomic E-state index is 14.4. The fourth-order valence-corrected chi connectivity index (χ4v) is 6.34. The Morgan fingerprint density at radius 1 is 0.979 bits per heavy atom. The second-order valence-electron chi connectivity index (χ2n) is 12.7. The quantitative estimate of drug-likeness (QED) is 0.228. The number of benzene rings is 2. The number of aromatic hydroxyl groups is 1. The predicted molar refractivity (Wildman–Crippen MR) is 183 cm³/mol. The van der Waals surface area contributed by atoms with Gasteiger partial charge in [0.1, 0.15) is 29.1 Å². The number of H-pyrrole nitrogens is 1. The summed E-state index contributed by atoms with van der Waals surface area (Å²) in [4.78, 5) is 59.6. The second kappa shape index (κ2) is 15.7. The van der Waals surface area contributed by atoms with Crippen LogP contribution in [0.1, 0.15) is 58.2 Å². The number of nitrogens with zero attached hydrogens (tertiary/aromatic N) is 1. The Morgan fingerprint density at radius 2 is 1.65 bits per heavy atom. The molecule has 0 bridgehead atoms. The zero-order chi connectivity index (χ0) is 35.3. The number of fused-ring (bicyclic) bond motifs is 1. The Morgan fingerprint density at radius 3 is 2.31 bits per heavy atom. The largest absolute Gasteiger partial charge is 0.508 e. The standard InChI is InChI=1S/C36H45ClN4O7/c1-19-16-20(2)23(5)48-36(46)31(47-7)30(24-12-14-25(42)15-13-24)40-34(44)29(18-27-26-10-8-9-11-28(26)39-32(27)37)41(6)35(45)22(4)38-33(43)21(3)17-19/h8-16,20-23,29-31,39,42H,17-18H2,1-7H3,(H,38,43)(H,40,44)/t20-,21-,22-,23+,29+,30?,31-/m0/s1. The minimum absolute atomic E-state index is 0.00560. The number of likely N-dealkylation sites (N-methyl/N-ethyl adjacent to an activating group) is 1. The van der Waals surface area contributed by atoms with Crippen LogP contribution < -0.4 is 10.6 Å². The van der Waals surface area contributed by atoms with Crippen LogP contribution in [-0.4, -0.2) is 77.1 Å². The van der Waals surface area contributed by atoms with E-state index in [-0.39, 0.29) is 24.0 Å². The van der Waals surface area contributed by atoms with Gasteiger partial charge in [-0.2, -0.15) is 0 Å². The Kier molecular flexibility index (Phi) is 11.9. The van der Waals surface area contributed by atoms with Crippen LogP contribution in [0.5, 0.6) is 5.75 Å². The maximum Gasteiger partial charge on any atom is 0.338 e. The molecule has 12 heteroatoms. The SMILES string of the molecule is CO[C@@H]1C(=O)O[C@H](C)[C@@H](C)C=C(C)C[C@H](C)C(=O)N[C@@H](C)C(=O)N(C)[C@H](Cc2c(Cl)[nH]c3ccccc23)C(=O)NC1c1ccc(O)cc1. The summed E-state index contributed by atoms with van der Waals surface area (Å²) in [5.41, 5.74) is 2.77. The van der Waals surface area contributed by atoms with Crippen LogP contribution in [-0.2, 0) is 35.1 Å². The number of hydrogen-bond donors (Lipinski definition) is 4. The summed E-state index contributed by atoms with van der Waals surface area (Å²) in [5.74, 6) is -2.76. The molecule has 7 atom stereocenters. The number of phenolic OH excluding ortho intramolecular Hbond substituents is 1. The minimum atomic E-state index is -1.28. The number of cyclic esters (lactones) is 1. The van der Waals surface area contributed by atoms with Crippen molar-refractivity contribution in [3.05, 3.63) is 76.5 Å². The summed E-state index contributed by atoms with van der Waals surface area (Å²) in [6, 6.07) is 10.3. The maximum atomic E-state index is 14.4. The molecule has 0 saturated heterocycles. The molecule has 1 aromatic heterocycles. The van der Waals surface area contributed by atoms with Gasteiger partial charge >= 0.3 is 5.97 Å². The summed E-state index contributed by atoms with van der Waals surface area (Å²) in [7, 11) is 2.84. The van der Waals surface area contributed by atoms with E-state index in [2.05, 4.69) is 15.6 Å². The predicted octanol–water partition coefficient (Wildman–Crippen LogP) is 4.83. The van der Waals surface area contributed by atoms with Gasteiger partial charge in [0.15, 0.2) is 6.10 Å². The van der Waals surface area contributed by atoms with Gasteiger partial charge in [0.25, 0.3) is 0 Å². The molecule has 2 heterocycles. The van der Waals surface area contributed by atoms with Crippen LogP contribution in [0.25, 0.3) is 10.9 Å². The number of aromatic nitrogens is 1. The summed E-state index contributed by atoms with van der Waals surface area (Å²) in [5, 5.41) is 16.8. The molecule has 11 nitrogen and oxygen atoms in total. The van der Waals surface area contributed by atoms with Crippen molar-refractivity contribution in [2.24, 2.45) is 11.8 Å². The molecule has 0 spiro atoms. The molecular weight excluding hydrogens is 636 g/mol. The third kappa shape index (κ3) is 8.38. The molecule has 0 saturated carbocycles. The number of phenols is 1. The van der Waals surface area contributed by atoms with Gasteiger partial charge in [0.05, 0.1) is 6.04 Å². The molecule has 2 aromatic carbocycles. The molecule has 0 fully saturated rings. The van der Waals surface area contributed by atoms with Crippen LogP contribution in [0.15, 0.2) is 60.2 Å². The second-order valence-corrected chi connectivity index (χ2v) is 13.1. The van der Waals surface area contributed by atoms with Crippen LogP contribution >= 0.6 is 11.6 Å². The number of aromatic amines is 1. The first kappa shape index (κ1) is 36.5. The highest BCUT2D eigenvalue weighted by Crippen LogP contribution is 2.30. The molecule has 4 rings (SSSR count). The average Bonchev–Trinajstić information content (AvgIpc) is 3.36. The van der Waals surface area contributed by atoms with Crippen LogP contribution in [0.4, 0.5) is 0 Å². The summed E-state index contributed by atoms with van der Waals surface area (Å²) >= 11 is 6.65. The zero-order valence-corrected chi connectivity index (χ0v) is 29.1. The van der Waals surface area contributed by atoms with E-state index in [9.17, 15) is 24.3 Å². The van der Waals surface area contributed by atoms with E-state index in [0.717, 1.165) is 16.5 Å². The lowest BCUT2D eigenvalue weighted by Gasteiger charge is -2.33. The third-order valence-corrected chi connectivity index (χ3v) is 9.33. The van der Waals surface area contributed by atoms with Gasteiger partial charge in [-0.05, 0) is 56.5 Å². The van der Waals surface area contributed by atoms with Crippen molar-refractivity contribution in [3.63, 3.8) is 0 Å². The van der Waals surface area contributed by atoms with Crippen molar-refractivity contribution >= 4 is 46.2 Å². The number of rotatable bonds is 4. The molecule has 3 aromatic rings. The van der Waals surface area contributed by atoms with Gasteiger partial charge in [-0.15, -0.1) is 0 Å². The molecule has 1 aliphatic heterocycles. The minimum Gasteiger partial charge on any atom is -0.508 e. The monoisotopic (exact) mass is 680 g/mol. The van der Waals surface area contributed by atoms with Crippen molar-refractivity contribution in [3.8, 4) is 5.75 Å². The van der Waals surface area contributed by atoms with E-state index in [4.69, 9.17) is 21.1 Å². The zero-order valence-electron chi connectivity index (χ0n) is 28.4. The molecule has 1 unspecified atom stereocenters. The lowest BCUT2D eigenvalue weighted by atomic mass is 9.95. The molecule has 258 valence electrons. The van der Waals surface area contributed by atoms with Gasteiger partial charge in [-0.25, -0.2) is 4.79 Å². The van der Waals surface area contributed by atoms with E-state index < -0.39 is 54.0 Å². The molecule has 0 radical (unpaired) electrons. The fraction of sp³-hybridized carbons (Fsp3) is 0.444. The van der Waals surface area contributed by atoms with Gasteiger partial charge in [-0.1, -0.05) is 67.4 Å². The highest BCUT2D eigenvalue weighted by molar-refractivity contribution is 6.31. The van der Waals surface area contributed by atoms with Gasteiger partial charge in [0.2, 0.25) is 17.7 Å². The number of methoxy groups -OCH3 is 1. The van der Waals surface area contributed by atoms with Crippen molar-refractivity contribution in [1.29, 1.82) is 0 Å². The number of ether oxygens (including phenoxy) is 2. The Bertz CT molecular complexity index is 1670. The van der Waals surface area contributed by atoms with E-state index in [1.165, 1.54) is 31.2 Å². The van der Waals surface area contributed by atoms with Crippen molar-refractivity contribution in [2.75, 3.05) is 14.2 Å². The van der Waals surface area contributed by atoms with Crippen LogP contribution in [0, 0.1) is 11.8 Å². The number of nitrogens with one attached hydrogen (secondary N) is 3. The van der Waals surface area contributed by atoms with E-state index in [0.29, 0.717) is 22.7 Å². The number of carbonyl (C=O) groups excluding carboxylic acids is 4. The molecule has 1 aliphatic rings. The number of para-hydroxylation sites is 1. The topological polar surface area (TPSA) is 150 Å². The molecule has 3 amide bonds. The molecular formula is C36H45ClN4O7. The van der Waals surface area contributed by atoms with Crippen LogP contribution in [0.2, 0.25) is 5.15 Å². The number of carbonyl (C=O) groups is 4. The number of amides is 3. The summed E-state index contributed by atoms with van der Waals surface area (Å²) in [6.07, 6.45) is 0.547. The highest BCUT2D eigenvalue weighted by atomic mass is 35.5. The number of halogens is 1. The smallest absolute Gasteiger partial charge is 0.338 e. The number of esters is 1. The number of allylic oxidation sites excluding steroid dienone is 1. The Hall–Kier alpha value is -4.35. The molecule has 4 N–H and O–H groups in total. The van der Waals surface area contributed by atoms with Gasteiger partial charge < -0.3 is 35.1 Å². The lowest BCUT2D eigenvalue weighted by molar-refractivity contribution is -0.164. The van der Waals surface area contributed by atoms with Crippen molar-refractivity contribution in [1.82, 2.24) is 20.5 Å². The fourth-order valence-electron chi connectivity index (χ4n) is 6.06. The Labute approximate surface area is 286 Å².